The van der Waals surface area contributed by atoms with Crippen LogP contribution in [0.5, 0.6) is 0 Å². The summed E-state index contributed by atoms with van der Waals surface area (Å²) in [5.74, 6) is -0.949. The predicted molar refractivity (Wildman–Crippen MR) is 102 cm³/mol. The Hall–Kier alpha value is -2.64. The molecule has 0 aliphatic carbocycles. The van der Waals surface area contributed by atoms with Crippen LogP contribution in [-0.4, -0.2) is 35.4 Å². The number of benzene rings is 2. The first-order valence-electron chi connectivity index (χ1n) is 7.74. The molecule has 0 saturated carbocycles. The van der Waals surface area contributed by atoms with Gasteiger partial charge >= 0.3 is 5.97 Å². The number of anilines is 1. The molecule has 0 saturated heterocycles. The summed E-state index contributed by atoms with van der Waals surface area (Å²) in [6.07, 6.45) is 0. The molecule has 3 aromatic rings. The monoisotopic (exact) mass is 389 g/mol. The third kappa shape index (κ3) is 4.12. The van der Waals surface area contributed by atoms with Crippen LogP contribution in [0, 0.1) is 0 Å². The Morgan fingerprint density at radius 1 is 1.27 bits per heavy atom. The molecule has 1 amide bonds. The minimum atomic E-state index is -0.630. The first-order valence-corrected chi connectivity index (χ1v) is 8.94. The summed E-state index contributed by atoms with van der Waals surface area (Å²) in [6, 6.07) is 12.2. The predicted octanol–water partition coefficient (Wildman–Crippen LogP) is 3.35. The van der Waals surface area contributed by atoms with Crippen molar-refractivity contribution in [1.29, 1.82) is 0 Å². The number of hydrogen-bond donors (Lipinski definition) is 1. The molecule has 0 aliphatic heterocycles. The third-order valence-electron chi connectivity index (χ3n) is 3.69. The van der Waals surface area contributed by atoms with Crippen molar-refractivity contribution in [2.24, 2.45) is 0 Å². The Labute approximate surface area is 159 Å². The van der Waals surface area contributed by atoms with E-state index in [1.807, 2.05) is 24.3 Å². The van der Waals surface area contributed by atoms with E-state index in [1.54, 1.807) is 7.05 Å². The fourth-order valence-electron chi connectivity index (χ4n) is 2.27. The molecule has 0 bridgehead atoms. The van der Waals surface area contributed by atoms with Crippen LogP contribution in [0.1, 0.15) is 15.4 Å². The lowest BCUT2D eigenvalue weighted by molar-refractivity contribution is -0.133. The largest absolute Gasteiger partial charge is 0.452 e. The standard InChI is InChI=1S/C18H16ClN3O3S/c1-22(9-16-21-14-4-2-3-5-15(14)26-16)17(23)10-25-18(24)11-6-7-12(19)13(20)8-11/h2-8H,9-10,20H2,1H3. The number of nitrogens with two attached hydrogens (primary N) is 1. The second-order valence-corrected chi connectivity index (χ2v) is 7.16. The van der Waals surface area contributed by atoms with E-state index in [4.69, 9.17) is 22.1 Å². The van der Waals surface area contributed by atoms with Gasteiger partial charge in [-0.2, -0.15) is 0 Å². The average molecular weight is 390 g/mol. The number of carbonyl (C=O) groups excluding carboxylic acids is 2. The van der Waals surface area contributed by atoms with Crippen LogP contribution in [0.3, 0.4) is 0 Å². The fourth-order valence-corrected chi connectivity index (χ4v) is 3.41. The summed E-state index contributed by atoms with van der Waals surface area (Å²) in [6.45, 7) is -0.00756. The van der Waals surface area contributed by atoms with Gasteiger partial charge in [0.15, 0.2) is 6.61 Å². The molecule has 2 aromatic carbocycles. The van der Waals surface area contributed by atoms with Gasteiger partial charge in [-0.1, -0.05) is 23.7 Å². The maximum absolute atomic E-state index is 12.2. The van der Waals surface area contributed by atoms with E-state index in [1.165, 1.54) is 34.4 Å². The molecule has 0 spiro atoms. The van der Waals surface area contributed by atoms with Crippen molar-refractivity contribution in [3.05, 3.63) is 58.1 Å². The van der Waals surface area contributed by atoms with E-state index in [-0.39, 0.29) is 23.8 Å². The van der Waals surface area contributed by atoms with E-state index in [2.05, 4.69) is 4.98 Å². The number of nitrogen functional groups attached to an aromatic ring is 1. The zero-order valence-corrected chi connectivity index (χ0v) is 15.5. The van der Waals surface area contributed by atoms with Gasteiger partial charge in [0, 0.05) is 7.05 Å². The molecule has 2 N–H and O–H groups in total. The number of halogens is 1. The van der Waals surface area contributed by atoms with Crippen molar-refractivity contribution >= 4 is 50.7 Å². The number of hydrogen-bond acceptors (Lipinski definition) is 6. The minimum absolute atomic E-state index is 0.244. The molecule has 0 radical (unpaired) electrons. The molecule has 8 heteroatoms. The van der Waals surface area contributed by atoms with E-state index in [9.17, 15) is 9.59 Å². The van der Waals surface area contributed by atoms with Crippen molar-refractivity contribution in [2.75, 3.05) is 19.4 Å². The lowest BCUT2D eigenvalue weighted by Gasteiger charge is -2.15. The van der Waals surface area contributed by atoms with Gasteiger partial charge in [-0.3, -0.25) is 4.79 Å². The normalized spacial score (nSPS) is 10.7. The topological polar surface area (TPSA) is 85.5 Å². The molecule has 26 heavy (non-hydrogen) atoms. The molecule has 0 fully saturated rings. The van der Waals surface area contributed by atoms with Crippen LogP contribution >= 0.6 is 22.9 Å². The number of esters is 1. The van der Waals surface area contributed by atoms with E-state index in [0.29, 0.717) is 11.6 Å². The quantitative estimate of drug-likeness (QED) is 0.534. The molecular formula is C18H16ClN3O3S. The van der Waals surface area contributed by atoms with Gasteiger partial charge in [0.05, 0.1) is 33.0 Å². The van der Waals surface area contributed by atoms with Crippen LogP contribution < -0.4 is 5.73 Å². The highest BCUT2D eigenvalue weighted by Crippen LogP contribution is 2.22. The summed E-state index contributed by atoms with van der Waals surface area (Å²) in [5.41, 5.74) is 7.08. The average Bonchev–Trinajstić information content (AvgIpc) is 3.03. The third-order valence-corrected chi connectivity index (χ3v) is 5.06. The SMILES string of the molecule is CN(Cc1nc2ccccc2s1)C(=O)COC(=O)c1ccc(Cl)c(N)c1. The van der Waals surface area contributed by atoms with Gasteiger partial charge < -0.3 is 15.4 Å². The second-order valence-electron chi connectivity index (χ2n) is 5.64. The fraction of sp³-hybridized carbons (Fsp3) is 0.167. The van der Waals surface area contributed by atoms with Crippen LogP contribution in [0.4, 0.5) is 5.69 Å². The summed E-state index contributed by atoms with van der Waals surface area (Å²) < 4.78 is 6.12. The number of ether oxygens (including phenoxy) is 1. The Balaban J connectivity index is 1.56. The summed E-state index contributed by atoms with van der Waals surface area (Å²) in [7, 11) is 1.64. The van der Waals surface area contributed by atoms with Gasteiger partial charge in [0.25, 0.3) is 5.91 Å². The Kier molecular flexibility index (Phi) is 5.39. The van der Waals surface area contributed by atoms with Crippen molar-refractivity contribution in [3.8, 4) is 0 Å². The maximum atomic E-state index is 12.2. The number of aromatic nitrogens is 1. The first kappa shape index (κ1) is 18.2. The highest BCUT2D eigenvalue weighted by atomic mass is 35.5. The first-order chi connectivity index (χ1) is 12.4. The van der Waals surface area contributed by atoms with Crippen LogP contribution in [0.25, 0.3) is 10.2 Å². The minimum Gasteiger partial charge on any atom is -0.452 e. The summed E-state index contributed by atoms with van der Waals surface area (Å²) in [4.78, 5) is 30.2. The number of carbonyl (C=O) groups is 2. The lowest BCUT2D eigenvalue weighted by Crippen LogP contribution is -2.30. The van der Waals surface area contributed by atoms with Crippen molar-refractivity contribution in [1.82, 2.24) is 9.88 Å². The molecule has 1 heterocycles. The van der Waals surface area contributed by atoms with Crippen molar-refractivity contribution < 1.29 is 14.3 Å². The molecule has 134 valence electrons. The van der Waals surface area contributed by atoms with Gasteiger partial charge in [0.2, 0.25) is 0 Å². The Bertz CT molecular complexity index is 940. The number of rotatable bonds is 5. The maximum Gasteiger partial charge on any atom is 0.338 e. The van der Waals surface area contributed by atoms with E-state index < -0.39 is 5.97 Å². The van der Waals surface area contributed by atoms with Gasteiger partial charge in [-0.25, -0.2) is 9.78 Å². The molecule has 3 rings (SSSR count). The van der Waals surface area contributed by atoms with E-state index in [0.717, 1.165) is 15.2 Å². The molecule has 0 unspecified atom stereocenters. The Morgan fingerprint density at radius 3 is 2.77 bits per heavy atom. The zero-order chi connectivity index (χ0) is 18.7. The van der Waals surface area contributed by atoms with Gasteiger partial charge in [0.1, 0.15) is 5.01 Å². The zero-order valence-electron chi connectivity index (χ0n) is 13.9. The number of fused-ring (bicyclic) bond motifs is 1. The number of thiazole rings is 1. The lowest BCUT2D eigenvalue weighted by atomic mass is 10.2. The second kappa shape index (κ2) is 7.72. The summed E-state index contributed by atoms with van der Waals surface area (Å²) in [5, 5.41) is 1.17. The molecule has 1 aromatic heterocycles. The molecule has 6 nitrogen and oxygen atoms in total. The van der Waals surface area contributed by atoms with E-state index >= 15 is 0 Å². The Morgan fingerprint density at radius 2 is 2.04 bits per heavy atom. The highest BCUT2D eigenvalue weighted by molar-refractivity contribution is 7.18. The van der Waals surface area contributed by atoms with Gasteiger partial charge in [-0.05, 0) is 30.3 Å². The molecule has 0 atom stereocenters. The van der Waals surface area contributed by atoms with Crippen molar-refractivity contribution in [3.63, 3.8) is 0 Å². The smallest absolute Gasteiger partial charge is 0.338 e. The van der Waals surface area contributed by atoms with Gasteiger partial charge in [-0.15, -0.1) is 11.3 Å². The number of likely N-dealkylation sites (N-methyl/N-ethyl adjacent to an activating group) is 1. The molecular weight excluding hydrogens is 374 g/mol. The van der Waals surface area contributed by atoms with Crippen LogP contribution in [0.2, 0.25) is 5.02 Å². The highest BCUT2D eigenvalue weighted by Gasteiger charge is 2.16. The number of nitrogens with zero attached hydrogens (tertiary/aromatic N) is 2. The molecule has 0 aliphatic rings. The van der Waals surface area contributed by atoms with Crippen LogP contribution in [0.15, 0.2) is 42.5 Å². The number of amides is 1. The van der Waals surface area contributed by atoms with Crippen molar-refractivity contribution in [2.45, 2.75) is 6.54 Å². The summed E-state index contributed by atoms with van der Waals surface area (Å²) >= 11 is 7.35. The van der Waals surface area contributed by atoms with Crippen LogP contribution in [-0.2, 0) is 16.1 Å². The number of para-hydroxylation sites is 1.